The fraction of sp³-hybridized carbons (Fsp3) is 0.474. The van der Waals surface area contributed by atoms with Crippen molar-refractivity contribution in [1.82, 2.24) is 19.7 Å². The molecular weight excluding hydrogens is 346 g/mol. The summed E-state index contributed by atoms with van der Waals surface area (Å²) >= 11 is 0. The first-order valence-corrected chi connectivity index (χ1v) is 9.06. The summed E-state index contributed by atoms with van der Waals surface area (Å²) in [5, 5.41) is 4.10. The van der Waals surface area contributed by atoms with Gasteiger partial charge < -0.3 is 14.5 Å². The van der Waals surface area contributed by atoms with E-state index >= 15 is 0 Å². The average Bonchev–Trinajstić information content (AvgIpc) is 2.68. The van der Waals surface area contributed by atoms with Gasteiger partial charge in [-0.3, -0.25) is 14.6 Å². The summed E-state index contributed by atoms with van der Waals surface area (Å²) in [7, 11) is 3.68. The van der Waals surface area contributed by atoms with Crippen molar-refractivity contribution in [3.8, 4) is 0 Å². The second-order valence-electron chi connectivity index (χ2n) is 6.84. The Balaban J connectivity index is 1.56. The highest BCUT2D eigenvalue weighted by molar-refractivity contribution is 5.76. The number of piperidine rings is 1. The molecule has 1 saturated heterocycles. The van der Waals surface area contributed by atoms with Crippen LogP contribution >= 0.6 is 0 Å². The smallest absolute Gasteiger partial charge is 0.269 e. The number of anilines is 1. The molecule has 1 fully saturated rings. The van der Waals surface area contributed by atoms with Crippen molar-refractivity contribution in [2.75, 3.05) is 32.1 Å². The molecule has 8 heteroatoms. The summed E-state index contributed by atoms with van der Waals surface area (Å²) in [4.78, 5) is 32.6. The van der Waals surface area contributed by atoms with E-state index in [-0.39, 0.29) is 24.1 Å². The minimum absolute atomic E-state index is 0.0227. The first-order chi connectivity index (χ1) is 13.0. The van der Waals surface area contributed by atoms with Crippen LogP contribution in [0.3, 0.4) is 0 Å². The molecule has 8 nitrogen and oxygen atoms in total. The van der Waals surface area contributed by atoms with Crippen LogP contribution in [0, 0.1) is 0 Å². The summed E-state index contributed by atoms with van der Waals surface area (Å²) in [6, 6.07) is 7.19. The molecule has 1 aliphatic heterocycles. The minimum atomic E-state index is -0.283. The Kier molecular flexibility index (Phi) is 6.18. The lowest BCUT2D eigenvalue weighted by Crippen LogP contribution is -2.45. The van der Waals surface area contributed by atoms with E-state index in [2.05, 4.69) is 10.1 Å². The van der Waals surface area contributed by atoms with Crippen molar-refractivity contribution in [2.24, 2.45) is 0 Å². The van der Waals surface area contributed by atoms with Gasteiger partial charge in [0.25, 0.3) is 5.56 Å². The predicted molar refractivity (Wildman–Crippen MR) is 101 cm³/mol. The molecule has 1 atom stereocenters. The molecule has 0 aromatic carbocycles. The van der Waals surface area contributed by atoms with Crippen molar-refractivity contribution in [1.29, 1.82) is 0 Å². The second kappa shape index (κ2) is 8.77. The Morgan fingerprint density at radius 3 is 2.93 bits per heavy atom. The molecule has 0 radical (unpaired) electrons. The Morgan fingerprint density at radius 1 is 1.37 bits per heavy atom. The SMILES string of the molecule is CN(C)c1cnn(CC(=O)N2CCCC(OCc3ccccn3)C2)c(=O)c1. The molecule has 27 heavy (non-hydrogen) atoms. The highest BCUT2D eigenvalue weighted by atomic mass is 16.5. The molecule has 0 aliphatic carbocycles. The highest BCUT2D eigenvalue weighted by Gasteiger charge is 2.24. The number of rotatable bonds is 6. The first kappa shape index (κ1) is 19.0. The van der Waals surface area contributed by atoms with Gasteiger partial charge in [0.15, 0.2) is 0 Å². The maximum Gasteiger partial charge on any atom is 0.269 e. The predicted octanol–water partition coefficient (Wildman–Crippen LogP) is 0.912. The molecule has 2 aromatic rings. The number of aromatic nitrogens is 3. The summed E-state index contributed by atoms with van der Waals surface area (Å²) in [5.41, 5.74) is 1.30. The summed E-state index contributed by atoms with van der Waals surface area (Å²) in [6.45, 7) is 1.57. The zero-order valence-electron chi connectivity index (χ0n) is 15.7. The van der Waals surface area contributed by atoms with E-state index in [1.54, 1.807) is 22.2 Å². The molecule has 1 aliphatic rings. The second-order valence-corrected chi connectivity index (χ2v) is 6.84. The van der Waals surface area contributed by atoms with Crippen LogP contribution < -0.4 is 10.5 Å². The summed E-state index contributed by atoms with van der Waals surface area (Å²) in [6.07, 6.45) is 5.09. The molecule has 0 N–H and O–H groups in total. The van der Waals surface area contributed by atoms with Gasteiger partial charge in [-0.15, -0.1) is 0 Å². The molecule has 0 bridgehead atoms. The number of likely N-dealkylation sites (tertiary alicyclic amines) is 1. The zero-order valence-corrected chi connectivity index (χ0v) is 15.7. The average molecular weight is 371 g/mol. The van der Waals surface area contributed by atoms with Crippen molar-refractivity contribution < 1.29 is 9.53 Å². The number of hydrogen-bond acceptors (Lipinski definition) is 6. The number of hydrogen-bond donors (Lipinski definition) is 0. The topological polar surface area (TPSA) is 80.6 Å². The molecule has 144 valence electrons. The van der Waals surface area contributed by atoms with Crippen LogP contribution in [0.15, 0.2) is 41.5 Å². The van der Waals surface area contributed by atoms with Crippen LogP contribution in [0.5, 0.6) is 0 Å². The van der Waals surface area contributed by atoms with Gasteiger partial charge in [-0.05, 0) is 25.0 Å². The number of amides is 1. The van der Waals surface area contributed by atoms with Crippen LogP contribution in [-0.4, -0.2) is 58.9 Å². The maximum absolute atomic E-state index is 12.6. The molecule has 3 rings (SSSR count). The lowest BCUT2D eigenvalue weighted by atomic mass is 10.1. The van der Waals surface area contributed by atoms with E-state index in [0.717, 1.165) is 18.5 Å². The van der Waals surface area contributed by atoms with E-state index in [4.69, 9.17) is 4.74 Å². The molecule has 0 saturated carbocycles. The third-order valence-corrected chi connectivity index (χ3v) is 4.58. The van der Waals surface area contributed by atoms with Gasteiger partial charge in [0, 0.05) is 39.4 Å². The quantitative estimate of drug-likeness (QED) is 0.751. The first-order valence-electron chi connectivity index (χ1n) is 9.06. The third-order valence-electron chi connectivity index (χ3n) is 4.58. The van der Waals surface area contributed by atoms with Crippen molar-refractivity contribution in [3.63, 3.8) is 0 Å². The largest absolute Gasteiger partial charge is 0.376 e. The molecular formula is C19H25N5O3. The molecule has 1 unspecified atom stereocenters. The Bertz CT molecular complexity index is 822. The molecule has 3 heterocycles. The van der Waals surface area contributed by atoms with Crippen LogP contribution in [0.25, 0.3) is 0 Å². The van der Waals surface area contributed by atoms with Crippen molar-refractivity contribution >= 4 is 11.6 Å². The van der Waals surface area contributed by atoms with Crippen LogP contribution in [0.1, 0.15) is 18.5 Å². The lowest BCUT2D eigenvalue weighted by molar-refractivity contribution is -0.136. The normalized spacial score (nSPS) is 17.0. The number of nitrogens with zero attached hydrogens (tertiary/aromatic N) is 5. The molecule has 1 amide bonds. The van der Waals surface area contributed by atoms with E-state index < -0.39 is 0 Å². The maximum atomic E-state index is 12.6. The van der Waals surface area contributed by atoms with Gasteiger partial charge in [-0.25, -0.2) is 4.68 Å². The number of ether oxygens (including phenoxy) is 1. The van der Waals surface area contributed by atoms with Crippen LogP contribution in [-0.2, 0) is 22.7 Å². The summed E-state index contributed by atoms with van der Waals surface area (Å²) in [5.74, 6) is -0.117. The minimum Gasteiger partial charge on any atom is -0.376 e. The fourth-order valence-corrected chi connectivity index (χ4v) is 3.00. The van der Waals surface area contributed by atoms with Crippen LogP contribution in [0.4, 0.5) is 5.69 Å². The Hall–Kier alpha value is -2.74. The zero-order chi connectivity index (χ0) is 19.2. The fourth-order valence-electron chi connectivity index (χ4n) is 3.00. The lowest BCUT2D eigenvalue weighted by Gasteiger charge is -2.32. The highest BCUT2D eigenvalue weighted by Crippen LogP contribution is 2.15. The third kappa shape index (κ3) is 5.13. The standard InChI is InChI=1S/C19H25N5O3/c1-22(2)16-10-18(25)24(21-11-16)13-19(26)23-9-5-7-17(12-23)27-14-15-6-3-4-8-20-15/h3-4,6,8,10-11,17H,5,7,9,12-14H2,1-2H3. The van der Waals surface area contributed by atoms with Crippen molar-refractivity contribution in [3.05, 3.63) is 52.7 Å². The van der Waals surface area contributed by atoms with Gasteiger partial charge in [-0.1, -0.05) is 6.07 Å². The van der Waals surface area contributed by atoms with Gasteiger partial charge in [-0.2, -0.15) is 5.10 Å². The number of carbonyl (C=O) groups excluding carboxylic acids is 1. The van der Waals surface area contributed by atoms with Crippen LogP contribution in [0.2, 0.25) is 0 Å². The Morgan fingerprint density at radius 2 is 2.22 bits per heavy atom. The van der Waals surface area contributed by atoms with Gasteiger partial charge in [0.1, 0.15) is 6.54 Å². The number of pyridine rings is 1. The summed E-state index contributed by atoms with van der Waals surface area (Å²) < 4.78 is 7.12. The van der Waals surface area contributed by atoms with E-state index in [9.17, 15) is 9.59 Å². The van der Waals surface area contributed by atoms with Gasteiger partial charge in [0.05, 0.1) is 30.3 Å². The Labute approximate surface area is 158 Å². The van der Waals surface area contributed by atoms with Crippen molar-refractivity contribution in [2.45, 2.75) is 32.1 Å². The molecule has 0 spiro atoms. The van der Waals surface area contributed by atoms with E-state index in [1.165, 1.54) is 10.7 Å². The molecule has 2 aromatic heterocycles. The monoisotopic (exact) mass is 371 g/mol. The number of carbonyl (C=O) groups is 1. The van der Waals surface area contributed by atoms with E-state index in [0.29, 0.717) is 25.4 Å². The van der Waals surface area contributed by atoms with E-state index in [1.807, 2.05) is 32.3 Å². The van der Waals surface area contributed by atoms with Gasteiger partial charge in [0.2, 0.25) is 5.91 Å². The van der Waals surface area contributed by atoms with Gasteiger partial charge >= 0.3 is 0 Å².